The fourth-order valence-corrected chi connectivity index (χ4v) is 2.87. The van der Waals surface area contributed by atoms with Gasteiger partial charge in [0, 0.05) is 25.8 Å². The molecule has 0 aromatic heterocycles. The number of halogens is 3. The molecule has 0 radical (unpaired) electrons. The van der Waals surface area contributed by atoms with Crippen LogP contribution >= 0.6 is 0 Å². The number of hydrogen-bond acceptors (Lipinski definition) is 5. The molecule has 0 unspecified atom stereocenters. The molecule has 1 fully saturated rings. The van der Waals surface area contributed by atoms with Crippen LogP contribution in [0.15, 0.2) is 36.4 Å². The molecule has 0 saturated carbocycles. The number of nitrogens with one attached hydrogen (secondary N) is 4. The van der Waals surface area contributed by atoms with E-state index in [0.29, 0.717) is 24.4 Å². The first-order chi connectivity index (χ1) is 14.0. The van der Waals surface area contributed by atoms with E-state index in [1.54, 1.807) is 13.1 Å². The number of rotatable bonds is 6. The normalized spacial score (nSPS) is 16.4. The van der Waals surface area contributed by atoms with Crippen LogP contribution in [-0.2, 0) is 4.74 Å². The number of alkyl halides is 2. The highest BCUT2D eigenvalue weighted by molar-refractivity contribution is 6.01. The van der Waals surface area contributed by atoms with Gasteiger partial charge in [0.25, 0.3) is 0 Å². The monoisotopic (exact) mass is 410 g/mol. The smallest absolute Gasteiger partial charge is 0.387 e. The molecule has 10 heteroatoms. The molecule has 29 heavy (non-hydrogen) atoms. The van der Waals surface area contributed by atoms with E-state index in [1.165, 1.54) is 30.3 Å². The highest BCUT2D eigenvalue weighted by Gasteiger charge is 2.18. The Morgan fingerprint density at radius 2 is 2.00 bits per heavy atom. The molecular formula is C19H21F3N4O3. The minimum absolute atomic E-state index is 0.00774. The molecule has 156 valence electrons. The lowest BCUT2D eigenvalue weighted by Crippen LogP contribution is -2.33. The zero-order valence-electron chi connectivity index (χ0n) is 15.6. The minimum Gasteiger partial charge on any atom is -0.433 e. The molecule has 0 spiro atoms. The summed E-state index contributed by atoms with van der Waals surface area (Å²) in [4.78, 5) is 12.3. The Kier molecular flexibility index (Phi) is 6.78. The van der Waals surface area contributed by atoms with Crippen molar-refractivity contribution in [3.05, 3.63) is 47.8 Å². The largest absolute Gasteiger partial charge is 0.433 e. The van der Waals surface area contributed by atoms with Crippen molar-refractivity contribution >= 4 is 23.1 Å². The maximum Gasteiger partial charge on any atom is 0.387 e. The van der Waals surface area contributed by atoms with E-state index in [0.717, 1.165) is 6.54 Å². The van der Waals surface area contributed by atoms with Crippen LogP contribution in [0.1, 0.15) is 11.7 Å². The second-order valence-corrected chi connectivity index (χ2v) is 6.22. The SMILES string of the molecule is CNc1ccc(OC(F)F)c(NC(=O)Nc2ccc([C@@H]3CNCCO3)cc2F)c1. The number of hydrogen-bond donors (Lipinski definition) is 4. The van der Waals surface area contributed by atoms with Gasteiger partial charge in [-0.15, -0.1) is 0 Å². The van der Waals surface area contributed by atoms with Crippen LogP contribution < -0.4 is 26.0 Å². The number of ether oxygens (including phenoxy) is 2. The quantitative estimate of drug-likeness (QED) is 0.583. The predicted octanol–water partition coefficient (Wildman–Crippen LogP) is 3.77. The van der Waals surface area contributed by atoms with Gasteiger partial charge in [-0.1, -0.05) is 6.07 Å². The van der Waals surface area contributed by atoms with E-state index in [2.05, 4.69) is 26.0 Å². The molecule has 1 aliphatic rings. The Balaban J connectivity index is 1.70. The summed E-state index contributed by atoms with van der Waals surface area (Å²) >= 11 is 0. The van der Waals surface area contributed by atoms with Gasteiger partial charge in [-0.2, -0.15) is 8.78 Å². The molecule has 0 bridgehead atoms. The maximum atomic E-state index is 14.4. The molecule has 1 saturated heterocycles. The fourth-order valence-electron chi connectivity index (χ4n) is 2.87. The third-order valence-electron chi connectivity index (χ3n) is 4.27. The van der Waals surface area contributed by atoms with Gasteiger partial charge in [-0.25, -0.2) is 9.18 Å². The van der Waals surface area contributed by atoms with Crippen molar-refractivity contribution in [1.82, 2.24) is 5.32 Å². The number of carbonyl (C=O) groups is 1. The number of anilines is 3. The van der Waals surface area contributed by atoms with Gasteiger partial charge in [0.1, 0.15) is 11.6 Å². The van der Waals surface area contributed by atoms with E-state index in [9.17, 15) is 18.0 Å². The van der Waals surface area contributed by atoms with Crippen molar-refractivity contribution in [1.29, 1.82) is 0 Å². The zero-order valence-corrected chi connectivity index (χ0v) is 15.6. The lowest BCUT2D eigenvalue weighted by atomic mass is 10.1. The van der Waals surface area contributed by atoms with E-state index < -0.39 is 18.5 Å². The number of carbonyl (C=O) groups excluding carboxylic acids is 1. The van der Waals surface area contributed by atoms with Crippen molar-refractivity contribution in [2.75, 3.05) is 42.7 Å². The molecule has 7 nitrogen and oxygen atoms in total. The van der Waals surface area contributed by atoms with E-state index in [-0.39, 0.29) is 23.2 Å². The van der Waals surface area contributed by atoms with Crippen LogP contribution in [0.4, 0.5) is 35.0 Å². The number of morpholine rings is 1. The van der Waals surface area contributed by atoms with Crippen LogP contribution in [0.5, 0.6) is 5.75 Å². The highest BCUT2D eigenvalue weighted by atomic mass is 19.3. The number of amides is 2. The van der Waals surface area contributed by atoms with Gasteiger partial charge in [0.15, 0.2) is 0 Å². The Morgan fingerprint density at radius 3 is 2.66 bits per heavy atom. The van der Waals surface area contributed by atoms with Crippen LogP contribution in [-0.4, -0.2) is 39.4 Å². The van der Waals surface area contributed by atoms with Gasteiger partial charge >= 0.3 is 12.6 Å². The Hall–Kier alpha value is -2.98. The van der Waals surface area contributed by atoms with Crippen LogP contribution in [0, 0.1) is 5.82 Å². The molecule has 2 aromatic rings. The number of benzene rings is 2. The summed E-state index contributed by atoms with van der Waals surface area (Å²) in [6.45, 7) is -1.21. The summed E-state index contributed by atoms with van der Waals surface area (Å²) in [5.74, 6) is -0.855. The predicted molar refractivity (Wildman–Crippen MR) is 103 cm³/mol. The summed E-state index contributed by atoms with van der Waals surface area (Å²) in [6.07, 6.45) is -0.264. The van der Waals surface area contributed by atoms with E-state index in [1.807, 2.05) is 0 Å². The summed E-state index contributed by atoms with van der Waals surface area (Å²) < 4.78 is 49.6. The molecule has 1 atom stereocenters. The lowest BCUT2D eigenvalue weighted by Gasteiger charge is -2.24. The second kappa shape index (κ2) is 9.48. The summed E-state index contributed by atoms with van der Waals surface area (Å²) in [6, 6.07) is 7.79. The first-order valence-electron chi connectivity index (χ1n) is 8.92. The molecule has 2 amide bonds. The van der Waals surface area contributed by atoms with Crippen molar-refractivity contribution in [3.63, 3.8) is 0 Å². The highest BCUT2D eigenvalue weighted by Crippen LogP contribution is 2.30. The van der Waals surface area contributed by atoms with Gasteiger partial charge in [0.05, 0.1) is 24.1 Å². The third kappa shape index (κ3) is 5.52. The standard InChI is InChI=1S/C19H21F3N4O3/c1-23-12-3-5-16(29-18(21)22)15(9-12)26-19(27)25-14-4-2-11(8-13(14)20)17-10-24-6-7-28-17/h2-5,8-9,17-18,23-24H,6-7,10H2,1H3,(H2,25,26,27)/t17-/m0/s1. The van der Waals surface area contributed by atoms with Crippen molar-refractivity contribution in [2.45, 2.75) is 12.7 Å². The van der Waals surface area contributed by atoms with Gasteiger partial charge in [0.2, 0.25) is 0 Å². The second-order valence-electron chi connectivity index (χ2n) is 6.22. The Morgan fingerprint density at radius 1 is 1.21 bits per heavy atom. The maximum absolute atomic E-state index is 14.4. The van der Waals surface area contributed by atoms with Crippen molar-refractivity contribution < 1.29 is 27.4 Å². The summed E-state index contributed by atoms with van der Waals surface area (Å²) in [7, 11) is 1.63. The minimum atomic E-state index is -3.06. The average Bonchev–Trinajstić information content (AvgIpc) is 2.71. The average molecular weight is 410 g/mol. The summed E-state index contributed by atoms with van der Waals surface area (Å²) in [5, 5.41) is 10.7. The summed E-state index contributed by atoms with van der Waals surface area (Å²) in [5.41, 5.74) is 1.16. The fraction of sp³-hybridized carbons (Fsp3) is 0.316. The van der Waals surface area contributed by atoms with E-state index in [4.69, 9.17) is 4.74 Å². The Bertz CT molecular complexity index is 861. The lowest BCUT2D eigenvalue weighted by molar-refractivity contribution is -0.0493. The topological polar surface area (TPSA) is 83.7 Å². The first kappa shape index (κ1) is 20.7. The molecule has 0 aliphatic carbocycles. The Labute approximate surface area is 165 Å². The molecule has 4 N–H and O–H groups in total. The van der Waals surface area contributed by atoms with Crippen molar-refractivity contribution in [3.8, 4) is 5.75 Å². The van der Waals surface area contributed by atoms with Gasteiger partial charge < -0.3 is 30.7 Å². The molecular weight excluding hydrogens is 389 g/mol. The van der Waals surface area contributed by atoms with Crippen molar-refractivity contribution in [2.24, 2.45) is 0 Å². The molecule has 3 rings (SSSR count). The third-order valence-corrected chi connectivity index (χ3v) is 4.27. The molecule has 2 aromatic carbocycles. The zero-order chi connectivity index (χ0) is 20.8. The number of urea groups is 1. The van der Waals surface area contributed by atoms with E-state index >= 15 is 0 Å². The van der Waals surface area contributed by atoms with Crippen LogP contribution in [0.25, 0.3) is 0 Å². The van der Waals surface area contributed by atoms with Crippen LogP contribution in [0.2, 0.25) is 0 Å². The molecule has 1 aliphatic heterocycles. The van der Waals surface area contributed by atoms with Crippen LogP contribution in [0.3, 0.4) is 0 Å². The first-order valence-corrected chi connectivity index (χ1v) is 8.92. The van der Waals surface area contributed by atoms with Gasteiger partial charge in [-0.05, 0) is 35.9 Å². The van der Waals surface area contributed by atoms with Gasteiger partial charge in [-0.3, -0.25) is 0 Å². The molecule has 1 heterocycles.